The number of rotatable bonds is 5. The third-order valence-corrected chi connectivity index (χ3v) is 3.09. The zero-order valence-electron chi connectivity index (χ0n) is 10.9. The minimum atomic E-state index is -0.00296. The normalized spacial score (nSPS) is 12.8. The summed E-state index contributed by atoms with van der Waals surface area (Å²) in [5.74, 6) is 0. The zero-order chi connectivity index (χ0) is 13.0. The van der Waals surface area contributed by atoms with Crippen LogP contribution in [0.15, 0.2) is 35.3 Å². The molecule has 96 valence electrons. The van der Waals surface area contributed by atoms with Crippen molar-refractivity contribution in [2.75, 3.05) is 6.54 Å². The minimum absolute atomic E-state index is 0.00296. The third-order valence-electron chi connectivity index (χ3n) is 3.09. The van der Waals surface area contributed by atoms with Crippen LogP contribution in [-0.2, 0) is 6.54 Å². The van der Waals surface area contributed by atoms with Crippen LogP contribution in [0.1, 0.15) is 20.3 Å². The van der Waals surface area contributed by atoms with Crippen molar-refractivity contribution in [3.05, 3.63) is 40.8 Å². The van der Waals surface area contributed by atoms with E-state index in [4.69, 9.17) is 0 Å². The Bertz CT molecular complexity index is 577. The number of nitrogens with one attached hydrogen (secondary N) is 1. The second-order valence-electron chi connectivity index (χ2n) is 4.51. The Morgan fingerprint density at radius 1 is 1.39 bits per heavy atom. The van der Waals surface area contributed by atoms with E-state index in [1.54, 1.807) is 10.9 Å². The second kappa shape index (κ2) is 5.78. The molecule has 2 rings (SSSR count). The van der Waals surface area contributed by atoms with Gasteiger partial charge < -0.3 is 5.32 Å². The summed E-state index contributed by atoms with van der Waals surface area (Å²) in [5, 5.41) is 9.18. The Morgan fingerprint density at radius 3 is 2.94 bits per heavy atom. The van der Waals surface area contributed by atoms with Crippen LogP contribution in [-0.4, -0.2) is 22.4 Å². The first-order valence-corrected chi connectivity index (χ1v) is 6.40. The molecule has 0 amide bonds. The van der Waals surface area contributed by atoms with Crippen LogP contribution in [0.5, 0.6) is 0 Å². The van der Waals surface area contributed by atoms with Gasteiger partial charge in [0.1, 0.15) is 0 Å². The smallest absolute Gasteiger partial charge is 0.274 e. The van der Waals surface area contributed by atoms with E-state index in [9.17, 15) is 4.79 Å². The maximum Gasteiger partial charge on any atom is 0.274 e. The van der Waals surface area contributed by atoms with E-state index < -0.39 is 0 Å². The first-order valence-electron chi connectivity index (χ1n) is 6.40. The van der Waals surface area contributed by atoms with Crippen LogP contribution in [0.2, 0.25) is 0 Å². The van der Waals surface area contributed by atoms with Crippen LogP contribution in [0.3, 0.4) is 0 Å². The van der Waals surface area contributed by atoms with Gasteiger partial charge in [-0.25, -0.2) is 4.68 Å². The highest BCUT2D eigenvalue weighted by Gasteiger charge is 2.05. The molecule has 0 saturated heterocycles. The highest BCUT2D eigenvalue weighted by molar-refractivity contribution is 5.80. The average molecular weight is 245 g/mol. The van der Waals surface area contributed by atoms with E-state index in [0.717, 1.165) is 23.7 Å². The average Bonchev–Trinajstić information content (AvgIpc) is 2.39. The minimum Gasteiger partial charge on any atom is -0.314 e. The van der Waals surface area contributed by atoms with Gasteiger partial charge in [0.15, 0.2) is 0 Å². The molecular weight excluding hydrogens is 226 g/mol. The van der Waals surface area contributed by atoms with E-state index >= 15 is 0 Å². The van der Waals surface area contributed by atoms with Gasteiger partial charge in [-0.15, -0.1) is 0 Å². The molecule has 4 heteroatoms. The van der Waals surface area contributed by atoms with Crippen LogP contribution in [0.4, 0.5) is 0 Å². The van der Waals surface area contributed by atoms with E-state index in [2.05, 4.69) is 24.3 Å². The maximum absolute atomic E-state index is 12.2. The molecule has 18 heavy (non-hydrogen) atoms. The molecule has 1 aromatic carbocycles. The van der Waals surface area contributed by atoms with Crippen LogP contribution >= 0.6 is 0 Å². The van der Waals surface area contributed by atoms with E-state index in [1.807, 2.05) is 24.3 Å². The van der Waals surface area contributed by atoms with Crippen molar-refractivity contribution in [2.24, 2.45) is 0 Å². The Balaban J connectivity index is 2.19. The number of hydrogen-bond donors (Lipinski definition) is 1. The lowest BCUT2D eigenvalue weighted by molar-refractivity contribution is 0.458. The fourth-order valence-corrected chi connectivity index (χ4v) is 2.05. The van der Waals surface area contributed by atoms with Crippen molar-refractivity contribution in [1.29, 1.82) is 0 Å². The quantitative estimate of drug-likeness (QED) is 0.873. The predicted octanol–water partition coefficient (Wildman–Crippen LogP) is 1.78. The van der Waals surface area contributed by atoms with Crippen molar-refractivity contribution >= 4 is 10.8 Å². The molecular formula is C14H19N3O. The number of hydrogen-bond acceptors (Lipinski definition) is 3. The Kier molecular flexibility index (Phi) is 4.10. The number of aromatic nitrogens is 2. The van der Waals surface area contributed by atoms with E-state index in [1.165, 1.54) is 0 Å². The molecule has 0 radical (unpaired) electrons. The van der Waals surface area contributed by atoms with Crippen LogP contribution in [0, 0.1) is 0 Å². The standard InChI is InChI=1S/C14H19N3O/c1-3-15-11(2)8-9-17-14(18)13-7-5-4-6-12(13)10-16-17/h4-7,10-11,15H,3,8-9H2,1-2H3. The summed E-state index contributed by atoms with van der Waals surface area (Å²) in [6.45, 7) is 5.80. The molecule has 0 aliphatic carbocycles. The SMILES string of the molecule is CCNC(C)CCn1ncc2ccccc2c1=O. The summed E-state index contributed by atoms with van der Waals surface area (Å²) < 4.78 is 1.55. The fourth-order valence-electron chi connectivity index (χ4n) is 2.05. The fraction of sp³-hybridized carbons (Fsp3) is 0.429. The molecule has 2 aromatic rings. The molecule has 0 aliphatic rings. The summed E-state index contributed by atoms with van der Waals surface area (Å²) in [7, 11) is 0. The molecule has 1 unspecified atom stereocenters. The van der Waals surface area contributed by atoms with Gasteiger partial charge in [-0.05, 0) is 26.0 Å². The van der Waals surface area contributed by atoms with Crippen molar-refractivity contribution < 1.29 is 0 Å². The van der Waals surface area contributed by atoms with Crippen LogP contribution in [0.25, 0.3) is 10.8 Å². The monoisotopic (exact) mass is 245 g/mol. The van der Waals surface area contributed by atoms with E-state index in [0.29, 0.717) is 12.6 Å². The Labute approximate surface area is 107 Å². The molecule has 1 heterocycles. The maximum atomic E-state index is 12.2. The lowest BCUT2D eigenvalue weighted by Gasteiger charge is -2.12. The van der Waals surface area contributed by atoms with Gasteiger partial charge in [-0.1, -0.05) is 25.1 Å². The third kappa shape index (κ3) is 2.76. The predicted molar refractivity (Wildman–Crippen MR) is 73.8 cm³/mol. The number of fused-ring (bicyclic) bond motifs is 1. The van der Waals surface area contributed by atoms with Gasteiger partial charge in [0.25, 0.3) is 5.56 Å². The molecule has 4 nitrogen and oxygen atoms in total. The van der Waals surface area contributed by atoms with Crippen molar-refractivity contribution in [3.8, 4) is 0 Å². The van der Waals surface area contributed by atoms with Crippen molar-refractivity contribution in [1.82, 2.24) is 15.1 Å². The molecule has 0 saturated carbocycles. The molecule has 1 atom stereocenters. The van der Waals surface area contributed by atoms with Gasteiger partial charge in [0.2, 0.25) is 0 Å². The van der Waals surface area contributed by atoms with E-state index in [-0.39, 0.29) is 5.56 Å². The first kappa shape index (κ1) is 12.8. The lowest BCUT2D eigenvalue weighted by atomic mass is 10.2. The summed E-state index contributed by atoms with van der Waals surface area (Å²) >= 11 is 0. The summed E-state index contributed by atoms with van der Waals surface area (Å²) in [4.78, 5) is 12.2. The van der Waals surface area contributed by atoms with Crippen molar-refractivity contribution in [2.45, 2.75) is 32.9 Å². The number of aryl methyl sites for hydroxylation is 1. The molecule has 0 bridgehead atoms. The van der Waals surface area contributed by atoms with Gasteiger partial charge in [0, 0.05) is 18.0 Å². The number of benzene rings is 1. The Hall–Kier alpha value is -1.68. The lowest BCUT2D eigenvalue weighted by Crippen LogP contribution is -2.30. The topological polar surface area (TPSA) is 46.9 Å². The van der Waals surface area contributed by atoms with Gasteiger partial charge in [-0.2, -0.15) is 5.10 Å². The Morgan fingerprint density at radius 2 is 2.17 bits per heavy atom. The molecule has 1 aromatic heterocycles. The summed E-state index contributed by atoms with van der Waals surface area (Å²) in [6, 6.07) is 7.96. The van der Waals surface area contributed by atoms with Crippen LogP contribution < -0.4 is 10.9 Å². The highest BCUT2D eigenvalue weighted by Crippen LogP contribution is 2.06. The van der Waals surface area contributed by atoms with Gasteiger partial charge in [-0.3, -0.25) is 4.79 Å². The van der Waals surface area contributed by atoms with Crippen molar-refractivity contribution in [3.63, 3.8) is 0 Å². The summed E-state index contributed by atoms with van der Waals surface area (Å²) in [5.41, 5.74) is -0.00296. The van der Waals surface area contributed by atoms with Gasteiger partial charge in [0.05, 0.1) is 11.6 Å². The zero-order valence-corrected chi connectivity index (χ0v) is 10.9. The first-order chi connectivity index (χ1) is 8.72. The molecule has 0 aliphatic heterocycles. The largest absolute Gasteiger partial charge is 0.314 e. The van der Waals surface area contributed by atoms with Gasteiger partial charge >= 0.3 is 0 Å². The highest BCUT2D eigenvalue weighted by atomic mass is 16.1. The molecule has 0 fully saturated rings. The molecule has 1 N–H and O–H groups in total. The molecule has 0 spiro atoms. The number of nitrogens with zero attached hydrogens (tertiary/aromatic N) is 2. The summed E-state index contributed by atoms with van der Waals surface area (Å²) in [6.07, 6.45) is 2.66. The second-order valence-corrected chi connectivity index (χ2v) is 4.51.